The van der Waals surface area contributed by atoms with Gasteiger partial charge in [0.15, 0.2) is 0 Å². The minimum atomic E-state index is 0.630. The van der Waals surface area contributed by atoms with Crippen LogP contribution in [0.2, 0.25) is 0 Å². The van der Waals surface area contributed by atoms with Gasteiger partial charge >= 0.3 is 0 Å². The minimum absolute atomic E-state index is 0.630. The number of anilines is 3. The van der Waals surface area contributed by atoms with Gasteiger partial charge in [0.1, 0.15) is 11.5 Å². The Kier molecular flexibility index (Phi) is 3.80. The molecule has 0 aliphatic heterocycles. The Hall–Kier alpha value is -2.36. The van der Waals surface area contributed by atoms with Crippen LogP contribution in [0.15, 0.2) is 42.5 Å². The first kappa shape index (κ1) is 13.1. The van der Waals surface area contributed by atoms with E-state index in [0.717, 1.165) is 17.1 Å². The average Bonchev–Trinajstić information content (AvgIpc) is 2.47. The standard InChI is InChI=1S/C15H18N2O2/c1-17(11-5-4-6-13(9-11)18-2)12-7-8-14(16)15(10-12)19-3/h4-10H,16H2,1-3H3. The van der Waals surface area contributed by atoms with Crippen molar-refractivity contribution in [1.29, 1.82) is 0 Å². The molecule has 0 aromatic heterocycles. The third kappa shape index (κ3) is 2.73. The van der Waals surface area contributed by atoms with Crippen molar-refractivity contribution in [2.24, 2.45) is 0 Å². The summed E-state index contributed by atoms with van der Waals surface area (Å²) in [6.07, 6.45) is 0. The quantitative estimate of drug-likeness (QED) is 0.856. The first-order chi connectivity index (χ1) is 9.15. The van der Waals surface area contributed by atoms with E-state index >= 15 is 0 Å². The fraction of sp³-hybridized carbons (Fsp3) is 0.200. The third-order valence-electron chi connectivity index (χ3n) is 3.04. The molecule has 0 spiro atoms. The number of methoxy groups -OCH3 is 2. The summed E-state index contributed by atoms with van der Waals surface area (Å²) in [6.45, 7) is 0. The van der Waals surface area contributed by atoms with Crippen LogP contribution in [0, 0.1) is 0 Å². The van der Waals surface area contributed by atoms with Crippen molar-refractivity contribution in [1.82, 2.24) is 0 Å². The second-order valence-corrected chi connectivity index (χ2v) is 4.19. The van der Waals surface area contributed by atoms with Crippen molar-refractivity contribution in [2.75, 3.05) is 31.9 Å². The highest BCUT2D eigenvalue weighted by molar-refractivity contribution is 5.69. The molecule has 0 aliphatic carbocycles. The molecule has 0 heterocycles. The monoisotopic (exact) mass is 258 g/mol. The van der Waals surface area contributed by atoms with Gasteiger partial charge in [-0.1, -0.05) is 6.07 Å². The molecule has 4 heteroatoms. The maximum Gasteiger partial charge on any atom is 0.143 e. The predicted octanol–water partition coefficient (Wildman–Crippen LogP) is 3.05. The number of nitrogens with two attached hydrogens (primary N) is 1. The normalized spacial score (nSPS) is 10.1. The van der Waals surface area contributed by atoms with Crippen LogP contribution < -0.4 is 20.1 Å². The van der Waals surface area contributed by atoms with Crippen molar-refractivity contribution < 1.29 is 9.47 Å². The van der Waals surface area contributed by atoms with E-state index in [1.54, 1.807) is 14.2 Å². The third-order valence-corrected chi connectivity index (χ3v) is 3.04. The Labute approximate surface area is 113 Å². The fourth-order valence-corrected chi connectivity index (χ4v) is 1.88. The lowest BCUT2D eigenvalue weighted by molar-refractivity contribution is 0.415. The number of nitrogen functional groups attached to an aromatic ring is 1. The van der Waals surface area contributed by atoms with Crippen molar-refractivity contribution in [2.45, 2.75) is 0 Å². The SMILES string of the molecule is COc1cccc(N(C)c2ccc(N)c(OC)c2)c1. The van der Waals surface area contributed by atoms with E-state index in [-0.39, 0.29) is 0 Å². The van der Waals surface area contributed by atoms with Gasteiger partial charge in [-0.2, -0.15) is 0 Å². The van der Waals surface area contributed by atoms with Gasteiger partial charge in [-0.3, -0.25) is 0 Å². The zero-order chi connectivity index (χ0) is 13.8. The van der Waals surface area contributed by atoms with Crippen molar-refractivity contribution >= 4 is 17.1 Å². The molecule has 0 unspecified atom stereocenters. The van der Waals surface area contributed by atoms with Crippen LogP contribution >= 0.6 is 0 Å². The van der Waals surface area contributed by atoms with Gasteiger partial charge in [0.05, 0.1) is 19.9 Å². The van der Waals surface area contributed by atoms with E-state index in [0.29, 0.717) is 11.4 Å². The van der Waals surface area contributed by atoms with Crippen LogP contribution in [0.5, 0.6) is 11.5 Å². The summed E-state index contributed by atoms with van der Waals surface area (Å²) in [4.78, 5) is 2.05. The molecule has 0 atom stereocenters. The molecule has 0 saturated carbocycles. The molecule has 0 amide bonds. The number of hydrogen-bond acceptors (Lipinski definition) is 4. The lowest BCUT2D eigenvalue weighted by Gasteiger charge is -2.21. The Balaban J connectivity index is 2.35. The molecule has 100 valence electrons. The molecule has 2 N–H and O–H groups in total. The molecule has 4 nitrogen and oxygen atoms in total. The summed E-state index contributed by atoms with van der Waals surface area (Å²) in [7, 11) is 5.26. The Morgan fingerprint density at radius 3 is 2.37 bits per heavy atom. The highest BCUT2D eigenvalue weighted by atomic mass is 16.5. The van der Waals surface area contributed by atoms with E-state index in [4.69, 9.17) is 15.2 Å². The van der Waals surface area contributed by atoms with E-state index in [2.05, 4.69) is 0 Å². The van der Waals surface area contributed by atoms with Gasteiger partial charge in [0.2, 0.25) is 0 Å². The average molecular weight is 258 g/mol. The first-order valence-electron chi connectivity index (χ1n) is 5.97. The molecule has 0 aliphatic rings. The van der Waals surface area contributed by atoms with Crippen LogP contribution in [-0.4, -0.2) is 21.3 Å². The Morgan fingerprint density at radius 2 is 1.68 bits per heavy atom. The molecule has 2 aromatic carbocycles. The molecule has 2 aromatic rings. The van der Waals surface area contributed by atoms with Gasteiger partial charge in [0, 0.05) is 30.6 Å². The van der Waals surface area contributed by atoms with Crippen LogP contribution in [0.25, 0.3) is 0 Å². The minimum Gasteiger partial charge on any atom is -0.497 e. The zero-order valence-corrected chi connectivity index (χ0v) is 11.4. The van der Waals surface area contributed by atoms with Gasteiger partial charge in [-0.25, -0.2) is 0 Å². The number of rotatable bonds is 4. The molecular weight excluding hydrogens is 240 g/mol. The summed E-state index contributed by atoms with van der Waals surface area (Å²) < 4.78 is 10.5. The second kappa shape index (κ2) is 5.52. The molecule has 19 heavy (non-hydrogen) atoms. The van der Waals surface area contributed by atoms with Gasteiger partial charge in [-0.05, 0) is 24.3 Å². The molecule has 0 fully saturated rings. The molecule has 0 bridgehead atoms. The highest BCUT2D eigenvalue weighted by Crippen LogP contribution is 2.31. The lowest BCUT2D eigenvalue weighted by Crippen LogP contribution is -2.09. The summed E-state index contributed by atoms with van der Waals surface area (Å²) in [6, 6.07) is 13.6. The molecule has 2 rings (SSSR count). The zero-order valence-electron chi connectivity index (χ0n) is 11.4. The lowest BCUT2D eigenvalue weighted by atomic mass is 10.2. The van der Waals surface area contributed by atoms with Crippen LogP contribution in [-0.2, 0) is 0 Å². The van der Waals surface area contributed by atoms with E-state index in [1.807, 2.05) is 54.4 Å². The fourth-order valence-electron chi connectivity index (χ4n) is 1.88. The largest absolute Gasteiger partial charge is 0.497 e. The molecule has 0 radical (unpaired) electrons. The predicted molar refractivity (Wildman–Crippen MR) is 78.5 cm³/mol. The van der Waals surface area contributed by atoms with E-state index in [1.165, 1.54) is 0 Å². The summed E-state index contributed by atoms with van der Waals surface area (Å²) in [5.41, 5.74) is 8.48. The summed E-state index contributed by atoms with van der Waals surface area (Å²) in [5.74, 6) is 1.50. The second-order valence-electron chi connectivity index (χ2n) is 4.19. The van der Waals surface area contributed by atoms with Gasteiger partial charge in [-0.15, -0.1) is 0 Å². The number of hydrogen-bond donors (Lipinski definition) is 1. The number of nitrogens with zero attached hydrogens (tertiary/aromatic N) is 1. The Bertz CT molecular complexity index is 570. The maximum absolute atomic E-state index is 5.82. The van der Waals surface area contributed by atoms with Crippen molar-refractivity contribution in [3.05, 3.63) is 42.5 Å². The van der Waals surface area contributed by atoms with Crippen molar-refractivity contribution in [3.63, 3.8) is 0 Å². The smallest absolute Gasteiger partial charge is 0.143 e. The van der Waals surface area contributed by atoms with Gasteiger partial charge < -0.3 is 20.1 Å². The molecular formula is C15H18N2O2. The Morgan fingerprint density at radius 1 is 0.947 bits per heavy atom. The maximum atomic E-state index is 5.82. The number of benzene rings is 2. The van der Waals surface area contributed by atoms with Crippen molar-refractivity contribution in [3.8, 4) is 11.5 Å². The van der Waals surface area contributed by atoms with Crippen LogP contribution in [0.4, 0.5) is 17.1 Å². The van der Waals surface area contributed by atoms with E-state index < -0.39 is 0 Å². The first-order valence-corrected chi connectivity index (χ1v) is 5.97. The number of ether oxygens (including phenoxy) is 2. The molecule has 0 saturated heterocycles. The summed E-state index contributed by atoms with van der Waals surface area (Å²) >= 11 is 0. The summed E-state index contributed by atoms with van der Waals surface area (Å²) in [5, 5.41) is 0. The topological polar surface area (TPSA) is 47.7 Å². The van der Waals surface area contributed by atoms with Crippen LogP contribution in [0.3, 0.4) is 0 Å². The highest BCUT2D eigenvalue weighted by Gasteiger charge is 2.08. The van der Waals surface area contributed by atoms with E-state index in [9.17, 15) is 0 Å². The van der Waals surface area contributed by atoms with Gasteiger partial charge in [0.25, 0.3) is 0 Å². The van der Waals surface area contributed by atoms with Crippen LogP contribution in [0.1, 0.15) is 0 Å².